The molecule has 0 atom stereocenters. The van der Waals surface area contributed by atoms with E-state index in [0.717, 1.165) is 41.6 Å². The summed E-state index contributed by atoms with van der Waals surface area (Å²) in [6, 6.07) is 15.4. The lowest BCUT2D eigenvalue weighted by molar-refractivity contribution is -0.124. The first-order valence-electron chi connectivity index (χ1n) is 9.14. The molecule has 0 aliphatic heterocycles. The fourth-order valence-electron chi connectivity index (χ4n) is 2.65. The van der Waals surface area contributed by atoms with Crippen LogP contribution in [0.5, 0.6) is 0 Å². The molecule has 0 saturated heterocycles. The van der Waals surface area contributed by atoms with Crippen molar-refractivity contribution in [1.82, 2.24) is 10.9 Å². The van der Waals surface area contributed by atoms with Crippen molar-refractivity contribution in [2.45, 2.75) is 25.7 Å². The second-order valence-electron chi connectivity index (χ2n) is 6.35. The molecule has 2 aromatic rings. The quantitative estimate of drug-likeness (QED) is 0.187. The summed E-state index contributed by atoms with van der Waals surface area (Å²) in [6.45, 7) is 0.709. The van der Waals surface area contributed by atoms with Gasteiger partial charge in [0.2, 0.25) is 5.91 Å². The van der Waals surface area contributed by atoms with Gasteiger partial charge in [-0.25, -0.2) is 5.48 Å². The molecular formula is C21H26N4O3. The number of carbonyl (C=O) groups is 2. The second kappa shape index (κ2) is 11.7. The van der Waals surface area contributed by atoms with Gasteiger partial charge < -0.3 is 5.32 Å². The minimum absolute atomic E-state index is 0.00838. The van der Waals surface area contributed by atoms with E-state index in [1.807, 2.05) is 48.5 Å². The van der Waals surface area contributed by atoms with E-state index in [1.54, 1.807) is 11.6 Å². The van der Waals surface area contributed by atoms with E-state index in [0.29, 0.717) is 13.0 Å². The predicted octanol–water partition coefficient (Wildman–Crippen LogP) is 2.17. The molecular weight excluding hydrogens is 356 g/mol. The maximum absolute atomic E-state index is 12.1. The van der Waals surface area contributed by atoms with Crippen LogP contribution in [0, 0.1) is 0 Å². The standard InChI is InChI=1S/C21H26N4O3/c22-23-15-14-18-8-11-19(12-9-18)24-20(26)3-1-2-16-4-6-17(7-5-16)10-13-21(27)25-28/h4-13,23,28H,1-3,14-15,22H2,(H,24,26)(H,25,27)/b13-10+. The number of benzene rings is 2. The summed E-state index contributed by atoms with van der Waals surface area (Å²) in [7, 11) is 0. The Bertz CT molecular complexity index is 786. The third-order valence-corrected chi connectivity index (χ3v) is 4.18. The molecule has 28 heavy (non-hydrogen) atoms. The van der Waals surface area contributed by atoms with Gasteiger partial charge in [0.05, 0.1) is 0 Å². The highest BCUT2D eigenvalue weighted by Crippen LogP contribution is 2.12. The van der Waals surface area contributed by atoms with E-state index in [4.69, 9.17) is 11.0 Å². The topological polar surface area (TPSA) is 116 Å². The Hall–Kier alpha value is -3.00. The summed E-state index contributed by atoms with van der Waals surface area (Å²) >= 11 is 0. The van der Waals surface area contributed by atoms with E-state index in [9.17, 15) is 9.59 Å². The minimum atomic E-state index is -0.572. The largest absolute Gasteiger partial charge is 0.326 e. The zero-order chi connectivity index (χ0) is 20.2. The smallest absolute Gasteiger partial charge is 0.267 e. The number of amides is 2. The van der Waals surface area contributed by atoms with Gasteiger partial charge in [0.15, 0.2) is 0 Å². The zero-order valence-electron chi connectivity index (χ0n) is 15.7. The SMILES string of the molecule is NNCCc1ccc(NC(=O)CCCc2ccc(/C=C/C(=O)NO)cc2)cc1. The van der Waals surface area contributed by atoms with Crippen molar-refractivity contribution in [2.75, 3.05) is 11.9 Å². The third kappa shape index (κ3) is 7.71. The highest BCUT2D eigenvalue weighted by atomic mass is 16.5. The normalized spacial score (nSPS) is 10.8. The summed E-state index contributed by atoms with van der Waals surface area (Å²) in [5.74, 6) is 4.68. The molecule has 0 bridgehead atoms. The van der Waals surface area contributed by atoms with E-state index in [2.05, 4.69) is 10.7 Å². The van der Waals surface area contributed by atoms with Gasteiger partial charge in [-0.05, 0) is 54.2 Å². The van der Waals surface area contributed by atoms with Crippen molar-refractivity contribution in [3.8, 4) is 0 Å². The maximum atomic E-state index is 12.1. The lowest BCUT2D eigenvalue weighted by Crippen LogP contribution is -2.24. The van der Waals surface area contributed by atoms with Crippen LogP contribution in [0.2, 0.25) is 0 Å². The van der Waals surface area contributed by atoms with Crippen LogP contribution < -0.4 is 22.1 Å². The average Bonchev–Trinajstić information content (AvgIpc) is 2.72. The van der Waals surface area contributed by atoms with Crippen molar-refractivity contribution in [1.29, 1.82) is 0 Å². The molecule has 2 aromatic carbocycles. The van der Waals surface area contributed by atoms with Gasteiger partial charge in [-0.1, -0.05) is 36.4 Å². The second-order valence-corrected chi connectivity index (χ2v) is 6.35. The molecule has 0 unspecified atom stereocenters. The van der Waals surface area contributed by atoms with Crippen LogP contribution in [0.4, 0.5) is 5.69 Å². The van der Waals surface area contributed by atoms with Crippen LogP contribution in [-0.2, 0) is 22.4 Å². The number of carbonyl (C=O) groups excluding carboxylic acids is 2. The predicted molar refractivity (Wildman–Crippen MR) is 109 cm³/mol. The van der Waals surface area contributed by atoms with Crippen LogP contribution in [-0.4, -0.2) is 23.6 Å². The Balaban J connectivity index is 1.73. The minimum Gasteiger partial charge on any atom is -0.326 e. The molecule has 0 spiro atoms. The number of hydroxylamine groups is 1. The van der Waals surface area contributed by atoms with Gasteiger partial charge in [0, 0.05) is 24.7 Å². The number of anilines is 1. The monoisotopic (exact) mass is 382 g/mol. The van der Waals surface area contributed by atoms with E-state index >= 15 is 0 Å². The van der Waals surface area contributed by atoms with Gasteiger partial charge >= 0.3 is 0 Å². The Kier molecular flexibility index (Phi) is 8.87. The fourth-order valence-corrected chi connectivity index (χ4v) is 2.65. The Morgan fingerprint density at radius 2 is 1.61 bits per heavy atom. The molecule has 0 aliphatic rings. The molecule has 0 aromatic heterocycles. The van der Waals surface area contributed by atoms with Gasteiger partial charge in [0.25, 0.3) is 5.91 Å². The van der Waals surface area contributed by atoms with Crippen molar-refractivity contribution >= 4 is 23.6 Å². The van der Waals surface area contributed by atoms with Crippen molar-refractivity contribution < 1.29 is 14.8 Å². The molecule has 0 aliphatic carbocycles. The Morgan fingerprint density at radius 1 is 0.964 bits per heavy atom. The molecule has 0 fully saturated rings. The molecule has 2 rings (SSSR count). The summed E-state index contributed by atoms with van der Waals surface area (Å²) in [6.07, 6.45) is 5.68. The van der Waals surface area contributed by atoms with Crippen LogP contribution in [0.15, 0.2) is 54.6 Å². The number of hydrogen-bond donors (Lipinski definition) is 5. The molecule has 7 heteroatoms. The van der Waals surface area contributed by atoms with Gasteiger partial charge in [-0.3, -0.25) is 26.1 Å². The van der Waals surface area contributed by atoms with Crippen LogP contribution in [0.25, 0.3) is 6.08 Å². The molecule has 0 heterocycles. The van der Waals surface area contributed by atoms with Crippen molar-refractivity contribution in [3.63, 3.8) is 0 Å². The lowest BCUT2D eigenvalue weighted by Gasteiger charge is -2.07. The van der Waals surface area contributed by atoms with Crippen molar-refractivity contribution in [3.05, 3.63) is 71.3 Å². The van der Waals surface area contributed by atoms with E-state index in [1.165, 1.54) is 6.08 Å². The average molecular weight is 382 g/mol. The summed E-state index contributed by atoms with van der Waals surface area (Å²) in [5, 5.41) is 11.4. The summed E-state index contributed by atoms with van der Waals surface area (Å²) in [4.78, 5) is 23.0. The Morgan fingerprint density at radius 3 is 2.25 bits per heavy atom. The molecule has 148 valence electrons. The molecule has 0 saturated carbocycles. The number of nitrogens with two attached hydrogens (primary N) is 1. The number of hydrogen-bond acceptors (Lipinski definition) is 5. The molecule has 2 amide bonds. The number of nitrogens with one attached hydrogen (secondary N) is 3. The van der Waals surface area contributed by atoms with Gasteiger partial charge in [-0.2, -0.15) is 0 Å². The summed E-state index contributed by atoms with van der Waals surface area (Å²) < 4.78 is 0. The van der Waals surface area contributed by atoms with Gasteiger partial charge in [-0.15, -0.1) is 0 Å². The molecule has 7 nitrogen and oxygen atoms in total. The Labute approximate surface area is 164 Å². The highest BCUT2D eigenvalue weighted by Gasteiger charge is 2.03. The van der Waals surface area contributed by atoms with Crippen LogP contribution >= 0.6 is 0 Å². The number of hydrazine groups is 1. The molecule has 6 N–H and O–H groups in total. The number of aryl methyl sites for hydroxylation is 1. The first-order chi connectivity index (χ1) is 13.6. The summed E-state index contributed by atoms with van der Waals surface area (Å²) in [5.41, 5.74) is 8.08. The number of rotatable bonds is 10. The van der Waals surface area contributed by atoms with Crippen LogP contribution in [0.1, 0.15) is 29.5 Å². The maximum Gasteiger partial charge on any atom is 0.267 e. The van der Waals surface area contributed by atoms with E-state index < -0.39 is 5.91 Å². The highest BCUT2D eigenvalue weighted by molar-refractivity contribution is 5.91. The fraction of sp³-hybridized carbons (Fsp3) is 0.238. The first kappa shape index (κ1) is 21.3. The van der Waals surface area contributed by atoms with Gasteiger partial charge in [0.1, 0.15) is 0 Å². The van der Waals surface area contributed by atoms with Crippen LogP contribution in [0.3, 0.4) is 0 Å². The van der Waals surface area contributed by atoms with Crippen molar-refractivity contribution in [2.24, 2.45) is 5.84 Å². The first-order valence-corrected chi connectivity index (χ1v) is 9.14. The lowest BCUT2D eigenvalue weighted by atomic mass is 10.1. The van der Waals surface area contributed by atoms with E-state index in [-0.39, 0.29) is 5.91 Å². The zero-order valence-corrected chi connectivity index (χ0v) is 15.7. The third-order valence-electron chi connectivity index (χ3n) is 4.18. The molecule has 0 radical (unpaired) electrons.